The van der Waals surface area contributed by atoms with Gasteiger partial charge in [-0.15, -0.1) is 0 Å². The molecule has 0 amide bonds. The van der Waals surface area contributed by atoms with Crippen molar-refractivity contribution in [2.75, 3.05) is 0 Å². The topological polar surface area (TPSA) is 43.8 Å². The van der Waals surface area contributed by atoms with Crippen LogP contribution in [-0.2, 0) is 13.6 Å². The Bertz CT molecular complexity index is 274. The highest BCUT2D eigenvalue weighted by atomic mass is 15.1. The van der Waals surface area contributed by atoms with Gasteiger partial charge in [0.15, 0.2) is 0 Å². The summed E-state index contributed by atoms with van der Waals surface area (Å²) in [6.45, 7) is 6.90. The average Bonchev–Trinajstić information content (AvgIpc) is 2.30. The lowest BCUT2D eigenvalue weighted by Gasteiger charge is -2.02. The maximum Gasteiger partial charge on any atom is 0.122 e. The molecule has 68 valence electrons. The molecule has 1 rings (SSSR count). The molecule has 3 heteroatoms. The lowest BCUT2D eigenvalue weighted by atomic mass is 10.1. The number of nitrogens with two attached hydrogens (primary N) is 1. The third-order valence-corrected chi connectivity index (χ3v) is 2.24. The highest BCUT2D eigenvalue weighted by Gasteiger charge is 2.11. The maximum absolute atomic E-state index is 5.55. The number of nitrogens with zero attached hydrogens (tertiary/aromatic N) is 2. The highest BCUT2D eigenvalue weighted by molar-refractivity contribution is 5.18. The minimum atomic E-state index is 0.483. The Hall–Kier alpha value is -0.830. The van der Waals surface area contributed by atoms with E-state index in [1.54, 1.807) is 0 Å². The fourth-order valence-corrected chi connectivity index (χ4v) is 1.39. The van der Waals surface area contributed by atoms with Crippen molar-refractivity contribution in [3.63, 3.8) is 0 Å². The molecule has 3 nitrogen and oxygen atoms in total. The van der Waals surface area contributed by atoms with Crippen molar-refractivity contribution in [1.82, 2.24) is 9.55 Å². The summed E-state index contributed by atoms with van der Waals surface area (Å²) in [5, 5.41) is 0. The van der Waals surface area contributed by atoms with Gasteiger partial charge in [0.1, 0.15) is 5.82 Å². The largest absolute Gasteiger partial charge is 0.334 e. The minimum absolute atomic E-state index is 0.483. The van der Waals surface area contributed by atoms with Crippen LogP contribution >= 0.6 is 0 Å². The van der Waals surface area contributed by atoms with Gasteiger partial charge in [0.05, 0.1) is 12.2 Å². The SMILES string of the molecule is Cc1c(C(C)C)nc(CN)n1C. The molecule has 0 aliphatic heterocycles. The van der Waals surface area contributed by atoms with E-state index in [0.29, 0.717) is 12.5 Å². The number of imidazole rings is 1. The Balaban J connectivity index is 3.16. The number of hydrogen-bond acceptors (Lipinski definition) is 2. The minimum Gasteiger partial charge on any atom is -0.334 e. The first kappa shape index (κ1) is 9.26. The molecule has 0 aromatic carbocycles. The van der Waals surface area contributed by atoms with E-state index in [1.165, 1.54) is 5.69 Å². The average molecular weight is 167 g/mol. The molecule has 0 bridgehead atoms. The third-order valence-electron chi connectivity index (χ3n) is 2.24. The normalized spacial score (nSPS) is 11.2. The van der Waals surface area contributed by atoms with Crippen molar-refractivity contribution in [2.45, 2.75) is 33.2 Å². The Kier molecular flexibility index (Phi) is 2.52. The standard InChI is InChI=1S/C9H17N3/c1-6(2)9-7(3)12(4)8(5-10)11-9/h6H,5,10H2,1-4H3. The zero-order chi connectivity index (χ0) is 9.30. The lowest BCUT2D eigenvalue weighted by molar-refractivity contribution is 0.773. The van der Waals surface area contributed by atoms with Gasteiger partial charge in [0.2, 0.25) is 0 Å². The summed E-state index contributed by atoms with van der Waals surface area (Å²) >= 11 is 0. The van der Waals surface area contributed by atoms with Crippen molar-refractivity contribution in [3.8, 4) is 0 Å². The van der Waals surface area contributed by atoms with Gasteiger partial charge in [-0.2, -0.15) is 0 Å². The van der Waals surface area contributed by atoms with Crippen LogP contribution in [0.1, 0.15) is 37.0 Å². The molecule has 0 atom stereocenters. The third kappa shape index (κ3) is 1.37. The molecule has 12 heavy (non-hydrogen) atoms. The first-order valence-electron chi connectivity index (χ1n) is 4.30. The van der Waals surface area contributed by atoms with E-state index >= 15 is 0 Å². The van der Waals surface area contributed by atoms with Gasteiger partial charge < -0.3 is 10.3 Å². The molecule has 0 unspecified atom stereocenters. The zero-order valence-electron chi connectivity index (χ0n) is 8.26. The van der Waals surface area contributed by atoms with Crippen molar-refractivity contribution in [3.05, 3.63) is 17.2 Å². The van der Waals surface area contributed by atoms with Gasteiger partial charge in [-0.1, -0.05) is 13.8 Å². The Morgan fingerprint density at radius 2 is 2.08 bits per heavy atom. The number of rotatable bonds is 2. The van der Waals surface area contributed by atoms with Crippen molar-refractivity contribution in [1.29, 1.82) is 0 Å². The van der Waals surface area contributed by atoms with E-state index in [0.717, 1.165) is 11.5 Å². The van der Waals surface area contributed by atoms with Crippen LogP contribution in [0.15, 0.2) is 0 Å². The molecular weight excluding hydrogens is 150 g/mol. The van der Waals surface area contributed by atoms with Crippen LogP contribution in [0.3, 0.4) is 0 Å². The van der Waals surface area contributed by atoms with Crippen molar-refractivity contribution in [2.24, 2.45) is 12.8 Å². The molecule has 0 aliphatic carbocycles. The predicted octanol–water partition coefficient (Wildman–Crippen LogP) is 1.31. The van der Waals surface area contributed by atoms with E-state index < -0.39 is 0 Å². The summed E-state index contributed by atoms with van der Waals surface area (Å²) in [7, 11) is 2.01. The van der Waals surface area contributed by atoms with E-state index in [-0.39, 0.29) is 0 Å². The first-order valence-corrected chi connectivity index (χ1v) is 4.30. The maximum atomic E-state index is 5.55. The Labute approximate surface area is 73.6 Å². The number of hydrogen-bond donors (Lipinski definition) is 1. The Morgan fingerprint density at radius 3 is 2.33 bits per heavy atom. The fraction of sp³-hybridized carbons (Fsp3) is 0.667. The molecule has 1 aromatic heterocycles. The van der Waals surface area contributed by atoms with Crippen LogP contribution in [-0.4, -0.2) is 9.55 Å². The van der Waals surface area contributed by atoms with Gasteiger partial charge in [0, 0.05) is 12.7 Å². The van der Waals surface area contributed by atoms with Crippen LogP contribution in [0, 0.1) is 6.92 Å². The van der Waals surface area contributed by atoms with Crippen LogP contribution in [0.5, 0.6) is 0 Å². The summed E-state index contributed by atoms with van der Waals surface area (Å²) in [5.41, 5.74) is 7.94. The molecule has 0 saturated heterocycles. The second kappa shape index (κ2) is 3.27. The van der Waals surface area contributed by atoms with Gasteiger partial charge in [0.25, 0.3) is 0 Å². The van der Waals surface area contributed by atoms with Crippen molar-refractivity contribution >= 4 is 0 Å². The van der Waals surface area contributed by atoms with Crippen molar-refractivity contribution < 1.29 is 0 Å². The molecule has 0 saturated carbocycles. The van der Waals surface area contributed by atoms with Crippen LogP contribution < -0.4 is 5.73 Å². The van der Waals surface area contributed by atoms with Crippen LogP contribution in [0.4, 0.5) is 0 Å². The molecule has 2 N–H and O–H groups in total. The molecule has 1 heterocycles. The molecule has 1 aromatic rings. The molecule has 0 fully saturated rings. The van der Waals surface area contributed by atoms with E-state index in [1.807, 2.05) is 7.05 Å². The zero-order valence-corrected chi connectivity index (χ0v) is 8.26. The monoisotopic (exact) mass is 167 g/mol. The molecule has 0 spiro atoms. The lowest BCUT2D eigenvalue weighted by Crippen LogP contribution is -2.05. The van der Waals surface area contributed by atoms with E-state index in [2.05, 4.69) is 30.3 Å². The Morgan fingerprint density at radius 1 is 1.50 bits per heavy atom. The van der Waals surface area contributed by atoms with E-state index in [4.69, 9.17) is 5.73 Å². The molecular formula is C9H17N3. The second-order valence-electron chi connectivity index (χ2n) is 3.42. The summed E-state index contributed by atoms with van der Waals surface area (Å²) < 4.78 is 2.06. The van der Waals surface area contributed by atoms with Gasteiger partial charge in [-0.25, -0.2) is 4.98 Å². The second-order valence-corrected chi connectivity index (χ2v) is 3.42. The summed E-state index contributed by atoms with van der Waals surface area (Å²) in [4.78, 5) is 4.47. The van der Waals surface area contributed by atoms with E-state index in [9.17, 15) is 0 Å². The fourth-order valence-electron chi connectivity index (χ4n) is 1.39. The van der Waals surface area contributed by atoms with Crippen LogP contribution in [0.25, 0.3) is 0 Å². The summed E-state index contributed by atoms with van der Waals surface area (Å²) in [5.74, 6) is 1.45. The highest BCUT2D eigenvalue weighted by Crippen LogP contribution is 2.17. The predicted molar refractivity (Wildman–Crippen MR) is 49.9 cm³/mol. The molecule has 0 aliphatic rings. The summed E-state index contributed by atoms with van der Waals surface area (Å²) in [6.07, 6.45) is 0. The van der Waals surface area contributed by atoms with Gasteiger partial charge in [-0.3, -0.25) is 0 Å². The van der Waals surface area contributed by atoms with Gasteiger partial charge in [-0.05, 0) is 12.8 Å². The summed E-state index contributed by atoms with van der Waals surface area (Å²) in [6, 6.07) is 0. The molecule has 0 radical (unpaired) electrons. The number of aromatic nitrogens is 2. The first-order chi connectivity index (χ1) is 5.57. The van der Waals surface area contributed by atoms with Crippen LogP contribution in [0.2, 0.25) is 0 Å². The quantitative estimate of drug-likeness (QED) is 0.721. The van der Waals surface area contributed by atoms with Gasteiger partial charge >= 0.3 is 0 Å². The smallest absolute Gasteiger partial charge is 0.122 e.